The van der Waals surface area contributed by atoms with Gasteiger partial charge < -0.3 is 15.0 Å². The van der Waals surface area contributed by atoms with Crippen LogP contribution >= 0.6 is 0 Å². The summed E-state index contributed by atoms with van der Waals surface area (Å²) < 4.78 is 5.10. The molecule has 0 amide bonds. The first kappa shape index (κ1) is 14.9. The molecule has 1 saturated carbocycles. The van der Waals surface area contributed by atoms with Gasteiger partial charge in [-0.1, -0.05) is 13.8 Å². The van der Waals surface area contributed by atoms with E-state index in [0.717, 1.165) is 37.5 Å². The Hall–Kier alpha value is -0.120. The van der Waals surface area contributed by atoms with Gasteiger partial charge in [-0.25, -0.2) is 0 Å². The molecule has 0 aromatic rings. The molecule has 0 aromatic heterocycles. The van der Waals surface area contributed by atoms with Crippen molar-refractivity contribution >= 4 is 0 Å². The maximum atomic E-state index is 5.10. The van der Waals surface area contributed by atoms with Crippen molar-refractivity contribution in [3.05, 3.63) is 0 Å². The monoisotopic (exact) mass is 242 g/mol. The fraction of sp³-hybridized carbons (Fsp3) is 1.00. The van der Waals surface area contributed by atoms with Gasteiger partial charge in [0, 0.05) is 26.3 Å². The predicted octanol–water partition coefficient (Wildman–Crippen LogP) is 1.98. The van der Waals surface area contributed by atoms with Gasteiger partial charge in [-0.15, -0.1) is 0 Å². The van der Waals surface area contributed by atoms with Gasteiger partial charge in [0.05, 0.1) is 0 Å². The van der Waals surface area contributed by atoms with Crippen LogP contribution in [0.4, 0.5) is 0 Å². The molecular formula is C14H30N2O. The molecule has 1 aliphatic rings. The second kappa shape index (κ2) is 8.06. The Morgan fingerprint density at radius 2 is 2.12 bits per heavy atom. The van der Waals surface area contributed by atoms with Gasteiger partial charge in [-0.05, 0) is 51.2 Å². The molecule has 17 heavy (non-hydrogen) atoms. The van der Waals surface area contributed by atoms with Gasteiger partial charge in [0.25, 0.3) is 0 Å². The van der Waals surface area contributed by atoms with Crippen molar-refractivity contribution < 1.29 is 4.74 Å². The van der Waals surface area contributed by atoms with Crippen LogP contribution in [0.1, 0.15) is 33.1 Å². The highest BCUT2D eigenvalue weighted by atomic mass is 16.5. The van der Waals surface area contributed by atoms with Crippen molar-refractivity contribution in [2.24, 2.45) is 11.8 Å². The molecule has 0 spiro atoms. The van der Waals surface area contributed by atoms with E-state index in [2.05, 4.69) is 31.1 Å². The SMILES string of the molecule is COCCCN(C)C1CCC1CNCC(C)C. The maximum absolute atomic E-state index is 5.10. The largest absolute Gasteiger partial charge is 0.385 e. The van der Waals surface area contributed by atoms with Crippen molar-refractivity contribution in [1.29, 1.82) is 0 Å². The van der Waals surface area contributed by atoms with E-state index >= 15 is 0 Å². The molecule has 1 rings (SSSR count). The van der Waals surface area contributed by atoms with Crippen molar-refractivity contribution in [1.82, 2.24) is 10.2 Å². The molecule has 0 aliphatic heterocycles. The fourth-order valence-corrected chi connectivity index (χ4v) is 2.55. The lowest BCUT2D eigenvalue weighted by molar-refractivity contribution is 0.0742. The summed E-state index contributed by atoms with van der Waals surface area (Å²) in [4.78, 5) is 2.52. The molecule has 0 aromatic carbocycles. The summed E-state index contributed by atoms with van der Waals surface area (Å²) in [7, 11) is 4.04. The van der Waals surface area contributed by atoms with Crippen LogP contribution < -0.4 is 5.32 Å². The summed E-state index contributed by atoms with van der Waals surface area (Å²) in [6.45, 7) is 8.92. The topological polar surface area (TPSA) is 24.5 Å². The van der Waals surface area contributed by atoms with E-state index in [9.17, 15) is 0 Å². The Bertz CT molecular complexity index is 197. The molecule has 2 unspecified atom stereocenters. The van der Waals surface area contributed by atoms with Crippen LogP contribution in [0.25, 0.3) is 0 Å². The second-order valence-corrected chi connectivity index (χ2v) is 5.78. The lowest BCUT2D eigenvalue weighted by Gasteiger charge is -2.43. The van der Waals surface area contributed by atoms with Gasteiger partial charge in [0.15, 0.2) is 0 Å². The first-order valence-electron chi connectivity index (χ1n) is 7.05. The van der Waals surface area contributed by atoms with Crippen molar-refractivity contribution in [3.8, 4) is 0 Å². The number of nitrogens with zero attached hydrogens (tertiary/aromatic N) is 1. The number of hydrogen-bond acceptors (Lipinski definition) is 3. The lowest BCUT2D eigenvalue weighted by atomic mass is 9.78. The van der Waals surface area contributed by atoms with Gasteiger partial charge in [-0.3, -0.25) is 0 Å². The summed E-state index contributed by atoms with van der Waals surface area (Å²) in [5.74, 6) is 1.62. The van der Waals surface area contributed by atoms with Gasteiger partial charge in [0.1, 0.15) is 0 Å². The van der Waals surface area contributed by atoms with Gasteiger partial charge in [0.2, 0.25) is 0 Å². The molecule has 102 valence electrons. The number of hydrogen-bond donors (Lipinski definition) is 1. The minimum Gasteiger partial charge on any atom is -0.385 e. The molecule has 0 heterocycles. The molecule has 3 nitrogen and oxygen atoms in total. The molecule has 0 radical (unpaired) electrons. The highest BCUT2D eigenvalue weighted by Gasteiger charge is 2.32. The Kier molecular flexibility index (Phi) is 7.09. The second-order valence-electron chi connectivity index (χ2n) is 5.78. The highest BCUT2D eigenvalue weighted by Crippen LogP contribution is 2.30. The maximum Gasteiger partial charge on any atom is 0.0474 e. The minimum absolute atomic E-state index is 0.757. The number of ether oxygens (including phenoxy) is 1. The molecule has 1 aliphatic carbocycles. The first-order valence-corrected chi connectivity index (χ1v) is 7.05. The van der Waals surface area contributed by atoms with E-state index in [1.54, 1.807) is 7.11 Å². The van der Waals surface area contributed by atoms with Gasteiger partial charge >= 0.3 is 0 Å². The molecule has 1 N–H and O–H groups in total. The number of rotatable bonds is 9. The quantitative estimate of drug-likeness (QED) is 0.626. The van der Waals surface area contributed by atoms with E-state index < -0.39 is 0 Å². The Morgan fingerprint density at radius 3 is 2.65 bits per heavy atom. The number of methoxy groups -OCH3 is 1. The third-order valence-corrected chi connectivity index (χ3v) is 3.76. The van der Waals surface area contributed by atoms with E-state index in [0.29, 0.717) is 0 Å². The molecule has 2 atom stereocenters. The Morgan fingerprint density at radius 1 is 1.35 bits per heavy atom. The summed E-state index contributed by atoms with van der Waals surface area (Å²) in [6.07, 6.45) is 3.91. The standard InChI is InChI=1S/C14H30N2O/c1-12(2)10-15-11-13-6-7-14(13)16(3)8-5-9-17-4/h12-15H,5-11H2,1-4H3. The molecule has 0 saturated heterocycles. The van der Waals surface area contributed by atoms with Crippen molar-refractivity contribution in [3.63, 3.8) is 0 Å². The molecule has 0 bridgehead atoms. The zero-order valence-electron chi connectivity index (χ0n) is 12.0. The van der Waals surface area contributed by atoms with Crippen LogP contribution in [0.15, 0.2) is 0 Å². The summed E-state index contributed by atoms with van der Waals surface area (Å²) in [6, 6.07) is 0.798. The predicted molar refractivity (Wildman–Crippen MR) is 73.3 cm³/mol. The van der Waals surface area contributed by atoms with Crippen molar-refractivity contribution in [2.45, 2.75) is 39.2 Å². The molecule has 1 fully saturated rings. The first-order chi connectivity index (χ1) is 8.15. The van der Waals surface area contributed by atoms with Gasteiger partial charge in [-0.2, -0.15) is 0 Å². The van der Waals surface area contributed by atoms with E-state index in [1.165, 1.54) is 25.9 Å². The van der Waals surface area contributed by atoms with Crippen LogP contribution in [0.3, 0.4) is 0 Å². The van der Waals surface area contributed by atoms with E-state index in [1.807, 2.05) is 0 Å². The highest BCUT2D eigenvalue weighted by molar-refractivity contribution is 4.88. The number of nitrogens with one attached hydrogen (secondary N) is 1. The summed E-state index contributed by atoms with van der Waals surface area (Å²) in [5, 5.41) is 3.59. The van der Waals surface area contributed by atoms with E-state index in [-0.39, 0.29) is 0 Å². The average Bonchev–Trinajstić information content (AvgIpc) is 2.22. The third kappa shape index (κ3) is 5.36. The fourth-order valence-electron chi connectivity index (χ4n) is 2.55. The van der Waals surface area contributed by atoms with Crippen LogP contribution in [-0.2, 0) is 4.74 Å². The minimum atomic E-state index is 0.757. The lowest BCUT2D eigenvalue weighted by Crippen LogP contribution is -2.49. The molecular weight excluding hydrogens is 212 g/mol. The van der Waals surface area contributed by atoms with Crippen LogP contribution in [0.2, 0.25) is 0 Å². The summed E-state index contributed by atoms with van der Waals surface area (Å²) in [5.41, 5.74) is 0. The smallest absolute Gasteiger partial charge is 0.0474 e. The zero-order chi connectivity index (χ0) is 12.7. The van der Waals surface area contributed by atoms with Crippen LogP contribution in [-0.4, -0.2) is 51.3 Å². The zero-order valence-corrected chi connectivity index (χ0v) is 12.0. The van der Waals surface area contributed by atoms with Crippen LogP contribution in [0, 0.1) is 11.8 Å². The summed E-state index contributed by atoms with van der Waals surface area (Å²) >= 11 is 0. The van der Waals surface area contributed by atoms with Crippen LogP contribution in [0.5, 0.6) is 0 Å². The molecule has 3 heteroatoms. The van der Waals surface area contributed by atoms with Crippen molar-refractivity contribution in [2.75, 3.05) is 40.4 Å². The average molecular weight is 242 g/mol. The Balaban J connectivity index is 2.12. The van der Waals surface area contributed by atoms with E-state index in [4.69, 9.17) is 4.74 Å². The normalized spacial score (nSPS) is 24.4. The Labute approximate surface area is 107 Å². The third-order valence-electron chi connectivity index (χ3n) is 3.76.